The van der Waals surface area contributed by atoms with Crippen molar-refractivity contribution in [3.05, 3.63) is 82.3 Å². The van der Waals surface area contributed by atoms with Crippen molar-refractivity contribution in [2.75, 3.05) is 18.0 Å². The first-order valence-corrected chi connectivity index (χ1v) is 11.7. The molecule has 0 saturated heterocycles. The minimum absolute atomic E-state index is 0.0201. The van der Waals surface area contributed by atoms with Crippen molar-refractivity contribution in [3.8, 4) is 5.88 Å². The van der Waals surface area contributed by atoms with Crippen LogP contribution in [0.3, 0.4) is 0 Å². The summed E-state index contributed by atoms with van der Waals surface area (Å²) in [4.78, 5) is 16.8. The minimum atomic E-state index is -3.86. The van der Waals surface area contributed by atoms with Gasteiger partial charge >= 0.3 is 0 Å². The molecule has 0 atom stereocenters. The lowest BCUT2D eigenvalue weighted by Crippen LogP contribution is -2.35. The zero-order chi connectivity index (χ0) is 22.9. The van der Waals surface area contributed by atoms with Gasteiger partial charge in [0, 0.05) is 24.6 Å². The molecule has 1 aromatic heterocycles. The summed E-state index contributed by atoms with van der Waals surface area (Å²) in [6, 6.07) is 13.2. The van der Waals surface area contributed by atoms with Gasteiger partial charge in [-0.05, 0) is 60.4 Å². The number of Topliss-reactive ketones (excluding diaryl/α,β-unsaturated/α-hetero) is 1. The average Bonchev–Trinajstić information content (AvgIpc) is 2.78. The SMILES string of the molecule is COc1cc(C(=O)Cc2ccc3c(c2)N(S(=O)(=O)c2ccc(F)cc2)CCC3)cc(Cl)n1. The number of hydrogen-bond acceptors (Lipinski definition) is 5. The number of sulfonamides is 1. The molecular weight excluding hydrogens is 455 g/mol. The number of benzene rings is 2. The number of rotatable bonds is 6. The largest absolute Gasteiger partial charge is 0.481 e. The second-order valence-corrected chi connectivity index (χ2v) is 9.67. The summed E-state index contributed by atoms with van der Waals surface area (Å²) in [6.45, 7) is 0.307. The van der Waals surface area contributed by atoms with Crippen LogP contribution in [-0.4, -0.2) is 32.8 Å². The van der Waals surface area contributed by atoms with Gasteiger partial charge in [-0.15, -0.1) is 0 Å². The number of hydrogen-bond donors (Lipinski definition) is 0. The van der Waals surface area contributed by atoms with Gasteiger partial charge in [0.05, 0.1) is 17.7 Å². The molecular formula is C23H20ClFN2O4S. The molecule has 2 heterocycles. The Labute approximate surface area is 190 Å². The maximum atomic E-state index is 13.3. The smallest absolute Gasteiger partial charge is 0.264 e. The van der Waals surface area contributed by atoms with Crippen molar-refractivity contribution in [3.63, 3.8) is 0 Å². The number of ether oxygens (including phenoxy) is 1. The predicted octanol–water partition coefficient (Wildman–Crippen LogP) is 4.45. The Morgan fingerprint density at radius 1 is 1.16 bits per heavy atom. The van der Waals surface area contributed by atoms with E-state index in [0.717, 1.165) is 24.1 Å². The topological polar surface area (TPSA) is 76.6 Å². The Morgan fingerprint density at radius 3 is 2.62 bits per heavy atom. The number of fused-ring (bicyclic) bond motifs is 1. The molecule has 0 radical (unpaired) electrons. The molecule has 4 rings (SSSR count). The fraction of sp³-hybridized carbons (Fsp3) is 0.217. The van der Waals surface area contributed by atoms with Crippen LogP contribution in [0.15, 0.2) is 59.5 Å². The van der Waals surface area contributed by atoms with E-state index in [4.69, 9.17) is 16.3 Å². The zero-order valence-electron chi connectivity index (χ0n) is 17.2. The summed E-state index contributed by atoms with van der Waals surface area (Å²) in [5.74, 6) is -0.462. The fourth-order valence-electron chi connectivity index (χ4n) is 3.71. The van der Waals surface area contributed by atoms with Crippen LogP contribution < -0.4 is 9.04 Å². The molecule has 0 bridgehead atoms. The van der Waals surface area contributed by atoms with E-state index < -0.39 is 15.8 Å². The van der Waals surface area contributed by atoms with Crippen molar-refractivity contribution < 1.29 is 22.3 Å². The van der Waals surface area contributed by atoms with E-state index in [-0.39, 0.29) is 28.1 Å². The van der Waals surface area contributed by atoms with Gasteiger partial charge in [0.25, 0.3) is 10.0 Å². The van der Waals surface area contributed by atoms with Crippen LogP contribution in [0.1, 0.15) is 27.9 Å². The molecule has 1 aliphatic rings. The quantitative estimate of drug-likeness (QED) is 0.389. The average molecular weight is 475 g/mol. The summed E-state index contributed by atoms with van der Waals surface area (Å²) in [7, 11) is -2.43. The third-order valence-electron chi connectivity index (χ3n) is 5.29. The maximum absolute atomic E-state index is 13.3. The number of ketones is 1. The van der Waals surface area contributed by atoms with Crippen molar-refractivity contribution in [2.45, 2.75) is 24.2 Å². The Hall–Kier alpha value is -2.97. The van der Waals surface area contributed by atoms with E-state index in [1.807, 2.05) is 12.1 Å². The van der Waals surface area contributed by atoms with Crippen molar-refractivity contribution >= 4 is 33.1 Å². The lowest BCUT2D eigenvalue weighted by Gasteiger charge is -2.31. The van der Waals surface area contributed by atoms with E-state index in [1.54, 1.807) is 6.07 Å². The van der Waals surface area contributed by atoms with E-state index in [1.165, 1.54) is 35.7 Å². The van der Waals surface area contributed by atoms with Gasteiger partial charge in [-0.25, -0.2) is 17.8 Å². The first-order valence-electron chi connectivity index (χ1n) is 9.93. The van der Waals surface area contributed by atoms with Crippen molar-refractivity contribution in [1.82, 2.24) is 4.98 Å². The molecule has 0 amide bonds. The standard InChI is InChI=1S/C23H20ClFN2O4S/c1-31-23-14-17(13-22(24)26-23)21(28)12-15-4-5-16-3-2-10-27(20(16)11-15)32(29,30)19-8-6-18(25)7-9-19/h4-9,11,13-14H,2-3,10,12H2,1H3. The first-order chi connectivity index (χ1) is 15.3. The number of aryl methyl sites for hydroxylation is 1. The van der Waals surface area contributed by atoms with Crippen LogP contribution >= 0.6 is 11.6 Å². The van der Waals surface area contributed by atoms with E-state index in [0.29, 0.717) is 29.8 Å². The summed E-state index contributed by atoms with van der Waals surface area (Å²) in [6.07, 6.45) is 1.46. The number of aromatic nitrogens is 1. The summed E-state index contributed by atoms with van der Waals surface area (Å²) in [5, 5.41) is 0.148. The van der Waals surface area contributed by atoms with Gasteiger partial charge in [0.1, 0.15) is 11.0 Å². The molecule has 6 nitrogen and oxygen atoms in total. The van der Waals surface area contributed by atoms with Crippen LogP contribution in [0.25, 0.3) is 0 Å². The molecule has 2 aromatic carbocycles. The Balaban J connectivity index is 1.65. The maximum Gasteiger partial charge on any atom is 0.264 e. The molecule has 1 aliphatic heterocycles. The third kappa shape index (κ3) is 4.47. The second kappa shape index (κ2) is 8.88. The van der Waals surface area contributed by atoms with Crippen molar-refractivity contribution in [1.29, 1.82) is 0 Å². The molecule has 32 heavy (non-hydrogen) atoms. The lowest BCUT2D eigenvalue weighted by molar-refractivity contribution is 0.0992. The minimum Gasteiger partial charge on any atom is -0.481 e. The first kappa shape index (κ1) is 22.2. The number of nitrogens with zero attached hydrogens (tertiary/aromatic N) is 2. The predicted molar refractivity (Wildman–Crippen MR) is 120 cm³/mol. The Kier molecular flexibility index (Phi) is 6.17. The molecule has 0 aliphatic carbocycles. The summed E-state index contributed by atoms with van der Waals surface area (Å²) < 4.78 is 46.1. The lowest BCUT2D eigenvalue weighted by atomic mass is 9.98. The molecule has 3 aromatic rings. The van der Waals surface area contributed by atoms with Gasteiger partial charge in [-0.1, -0.05) is 23.7 Å². The molecule has 0 N–H and O–H groups in total. The van der Waals surface area contributed by atoms with E-state index >= 15 is 0 Å². The summed E-state index contributed by atoms with van der Waals surface area (Å²) in [5.41, 5.74) is 2.44. The number of methoxy groups -OCH3 is 1. The van der Waals surface area contributed by atoms with Crippen molar-refractivity contribution in [2.24, 2.45) is 0 Å². The second-order valence-electron chi connectivity index (χ2n) is 7.42. The molecule has 166 valence electrons. The van der Waals surface area contributed by atoms with E-state index in [2.05, 4.69) is 4.98 Å². The van der Waals surface area contributed by atoms with Crippen LogP contribution in [0.2, 0.25) is 5.15 Å². The number of pyridine rings is 1. The normalized spacial score (nSPS) is 13.5. The van der Waals surface area contributed by atoms with Gasteiger partial charge in [-0.3, -0.25) is 9.10 Å². The van der Waals surface area contributed by atoms with Gasteiger partial charge < -0.3 is 4.74 Å². The molecule has 0 saturated carbocycles. The molecule has 0 fully saturated rings. The van der Waals surface area contributed by atoms with Crippen LogP contribution in [0.5, 0.6) is 5.88 Å². The Bertz CT molecular complexity index is 1280. The highest BCUT2D eigenvalue weighted by Crippen LogP contribution is 2.33. The number of carbonyl (C=O) groups is 1. The number of carbonyl (C=O) groups excluding carboxylic acids is 1. The monoisotopic (exact) mass is 474 g/mol. The highest BCUT2D eigenvalue weighted by Gasteiger charge is 2.29. The molecule has 9 heteroatoms. The zero-order valence-corrected chi connectivity index (χ0v) is 18.8. The highest BCUT2D eigenvalue weighted by molar-refractivity contribution is 7.92. The molecule has 0 unspecified atom stereocenters. The van der Waals surface area contributed by atoms with Gasteiger partial charge in [-0.2, -0.15) is 0 Å². The van der Waals surface area contributed by atoms with Crippen LogP contribution in [0.4, 0.5) is 10.1 Å². The third-order valence-corrected chi connectivity index (χ3v) is 7.31. The number of halogens is 2. The fourth-order valence-corrected chi connectivity index (χ4v) is 5.44. The van der Waals surface area contributed by atoms with Crippen LogP contribution in [-0.2, 0) is 22.9 Å². The van der Waals surface area contributed by atoms with Crippen LogP contribution in [0, 0.1) is 5.82 Å². The van der Waals surface area contributed by atoms with E-state index in [9.17, 15) is 17.6 Å². The summed E-state index contributed by atoms with van der Waals surface area (Å²) >= 11 is 5.97. The number of anilines is 1. The van der Waals surface area contributed by atoms with Gasteiger partial charge in [0.15, 0.2) is 5.78 Å². The Morgan fingerprint density at radius 2 is 1.91 bits per heavy atom. The van der Waals surface area contributed by atoms with Gasteiger partial charge in [0.2, 0.25) is 5.88 Å². The molecule has 0 spiro atoms. The highest BCUT2D eigenvalue weighted by atomic mass is 35.5.